The van der Waals surface area contributed by atoms with Crippen LogP contribution in [0.4, 0.5) is 0 Å². The Labute approximate surface area is 98.1 Å². The van der Waals surface area contributed by atoms with Crippen LogP contribution in [-0.4, -0.2) is 11.5 Å². The van der Waals surface area contributed by atoms with E-state index < -0.39 is 16.2 Å². The van der Waals surface area contributed by atoms with E-state index in [4.69, 9.17) is 0 Å². The van der Waals surface area contributed by atoms with Gasteiger partial charge in [0.15, 0.2) is 10.8 Å². The summed E-state index contributed by atoms with van der Waals surface area (Å²) >= 11 is 1.74. The molecule has 0 bridgehead atoms. The molecule has 1 saturated heterocycles. The molecule has 4 nitrogen and oxygen atoms in total. The zero-order valence-corrected chi connectivity index (χ0v) is 9.34. The zero-order valence-electron chi connectivity index (χ0n) is 8.53. The summed E-state index contributed by atoms with van der Waals surface area (Å²) in [5, 5.41) is 36.8. The van der Waals surface area contributed by atoms with Gasteiger partial charge in [0.05, 0.1) is 24.3 Å². The Hall–Kier alpha value is -1.69. The van der Waals surface area contributed by atoms with Crippen LogP contribution >= 0.6 is 11.8 Å². The Kier molecular flexibility index (Phi) is 2.13. The average Bonchev–Trinajstić information content (AvgIpc) is 2.85. The fourth-order valence-electron chi connectivity index (χ4n) is 2.98. The minimum Gasteiger partial charge on any atom is -0.196 e. The monoisotopic (exact) mass is 228 g/mol. The smallest absolute Gasteiger partial charge is 0.184 e. The lowest BCUT2D eigenvalue weighted by Crippen LogP contribution is -2.19. The van der Waals surface area contributed by atoms with Crippen LogP contribution in [-0.2, 0) is 0 Å². The van der Waals surface area contributed by atoms with Crippen molar-refractivity contribution in [3.8, 4) is 24.3 Å². The van der Waals surface area contributed by atoms with E-state index in [2.05, 4.69) is 0 Å². The van der Waals surface area contributed by atoms with E-state index in [1.54, 1.807) is 11.8 Å². The zero-order chi connectivity index (χ0) is 11.9. The van der Waals surface area contributed by atoms with Crippen LogP contribution in [0.25, 0.3) is 0 Å². The quantitative estimate of drug-likeness (QED) is 0.627. The second-order valence-electron chi connectivity index (χ2n) is 4.14. The first kappa shape index (κ1) is 10.8. The lowest BCUT2D eigenvalue weighted by atomic mass is 9.88. The maximum atomic E-state index is 9.19. The van der Waals surface area contributed by atoms with E-state index in [1.165, 1.54) is 0 Å². The molecule has 16 heavy (non-hydrogen) atoms. The Balaban J connectivity index is 2.58. The predicted molar refractivity (Wildman–Crippen MR) is 56.3 cm³/mol. The fourth-order valence-corrected chi connectivity index (χ4v) is 4.16. The molecule has 2 aliphatic rings. The first-order valence-electron chi connectivity index (χ1n) is 4.93. The molecule has 0 aromatic rings. The molecule has 1 aliphatic carbocycles. The maximum absolute atomic E-state index is 9.19. The highest BCUT2D eigenvalue weighted by atomic mass is 32.2. The van der Waals surface area contributed by atoms with E-state index in [9.17, 15) is 21.0 Å². The summed E-state index contributed by atoms with van der Waals surface area (Å²) in [5.41, 5.74) is -3.53. The molecule has 1 spiro atoms. The number of hydrogen-bond acceptors (Lipinski definition) is 5. The lowest BCUT2D eigenvalue weighted by molar-refractivity contribution is 0.389. The molecule has 1 aliphatic heterocycles. The normalized spacial score (nSPS) is 26.8. The van der Waals surface area contributed by atoms with Crippen molar-refractivity contribution in [1.29, 1.82) is 21.0 Å². The molecule has 0 N–H and O–H groups in total. The molecule has 2 rings (SSSR count). The largest absolute Gasteiger partial charge is 0.196 e. The Bertz CT molecular complexity index is 422. The number of hydrogen-bond donors (Lipinski definition) is 0. The van der Waals surface area contributed by atoms with E-state index in [-0.39, 0.29) is 0 Å². The van der Waals surface area contributed by atoms with E-state index >= 15 is 0 Å². The number of thioether (sulfide) groups is 1. The molecule has 2 fully saturated rings. The second kappa shape index (κ2) is 3.15. The van der Waals surface area contributed by atoms with Crippen LogP contribution in [0.5, 0.6) is 0 Å². The highest BCUT2D eigenvalue weighted by Gasteiger charge is 2.90. The topological polar surface area (TPSA) is 95.2 Å². The highest BCUT2D eigenvalue weighted by molar-refractivity contribution is 7.99. The van der Waals surface area contributed by atoms with Gasteiger partial charge < -0.3 is 0 Å². The van der Waals surface area contributed by atoms with Crippen molar-refractivity contribution >= 4 is 11.8 Å². The van der Waals surface area contributed by atoms with Gasteiger partial charge in [0.1, 0.15) is 0 Å². The van der Waals surface area contributed by atoms with Crippen LogP contribution in [0.1, 0.15) is 12.8 Å². The van der Waals surface area contributed by atoms with Crippen LogP contribution in [0, 0.1) is 61.6 Å². The number of nitriles is 4. The molecule has 0 radical (unpaired) electrons. The van der Waals surface area contributed by atoms with Crippen molar-refractivity contribution in [3.63, 3.8) is 0 Å². The molecule has 1 saturated carbocycles. The third-order valence-electron chi connectivity index (χ3n) is 3.95. The molecule has 0 aromatic heterocycles. The molecule has 0 unspecified atom stereocenters. The summed E-state index contributed by atoms with van der Waals surface area (Å²) < 4.78 is 0. The Morgan fingerprint density at radius 3 is 1.44 bits per heavy atom. The molecule has 0 amide bonds. The summed E-state index contributed by atoms with van der Waals surface area (Å²) in [4.78, 5) is 0. The van der Waals surface area contributed by atoms with Crippen molar-refractivity contribution in [2.75, 3.05) is 11.5 Å². The first-order chi connectivity index (χ1) is 7.70. The van der Waals surface area contributed by atoms with Crippen molar-refractivity contribution in [1.82, 2.24) is 0 Å². The minimum atomic E-state index is -1.41. The van der Waals surface area contributed by atoms with E-state index in [0.717, 1.165) is 11.5 Å². The number of nitrogens with zero attached hydrogens (tertiary/aromatic N) is 4. The maximum Gasteiger partial charge on any atom is 0.184 e. The minimum absolute atomic E-state index is 0.611. The molecular weight excluding hydrogens is 220 g/mol. The van der Waals surface area contributed by atoms with E-state index in [0.29, 0.717) is 12.8 Å². The average molecular weight is 228 g/mol. The van der Waals surface area contributed by atoms with Gasteiger partial charge in [-0.2, -0.15) is 32.8 Å². The van der Waals surface area contributed by atoms with Gasteiger partial charge in [-0.15, -0.1) is 0 Å². The van der Waals surface area contributed by atoms with Crippen molar-refractivity contribution < 1.29 is 0 Å². The predicted octanol–water partition coefficient (Wildman–Crippen LogP) is 1.58. The van der Waals surface area contributed by atoms with Crippen LogP contribution in [0.3, 0.4) is 0 Å². The molecular formula is C11H8N4S. The molecule has 78 valence electrons. The summed E-state index contributed by atoms with van der Waals surface area (Å²) in [5.74, 6) is 1.63. The summed E-state index contributed by atoms with van der Waals surface area (Å²) in [6, 6.07) is 7.76. The van der Waals surface area contributed by atoms with Gasteiger partial charge in [0.25, 0.3) is 0 Å². The number of rotatable bonds is 0. The van der Waals surface area contributed by atoms with Gasteiger partial charge >= 0.3 is 0 Å². The molecule has 5 heteroatoms. The summed E-state index contributed by atoms with van der Waals surface area (Å²) in [6.45, 7) is 0. The second-order valence-corrected chi connectivity index (χ2v) is 5.37. The van der Waals surface area contributed by atoms with Crippen LogP contribution < -0.4 is 0 Å². The van der Waals surface area contributed by atoms with Gasteiger partial charge in [-0.3, -0.25) is 0 Å². The third kappa shape index (κ3) is 0.767. The molecule has 0 atom stereocenters. The summed E-state index contributed by atoms with van der Waals surface area (Å²) in [6.07, 6.45) is 1.22. The lowest BCUT2D eigenvalue weighted by Gasteiger charge is -2.22. The SMILES string of the molecule is N#CC1(C#N)C(C#N)(C#N)C12CCSCC2. The standard InChI is InChI=1S/C11H8N4S/c12-5-10(6-13)9(1-3-16-4-2-9)11(10,7-14)8-15/h1-4H2. The highest BCUT2D eigenvalue weighted by Crippen LogP contribution is 2.81. The van der Waals surface area contributed by atoms with Crippen molar-refractivity contribution in [2.45, 2.75) is 12.8 Å². The van der Waals surface area contributed by atoms with Gasteiger partial charge in [-0.05, 0) is 24.3 Å². The van der Waals surface area contributed by atoms with Crippen LogP contribution in [0.2, 0.25) is 0 Å². The first-order valence-corrected chi connectivity index (χ1v) is 6.08. The third-order valence-corrected chi connectivity index (χ3v) is 4.94. The molecule has 1 heterocycles. The van der Waals surface area contributed by atoms with Gasteiger partial charge in [0, 0.05) is 5.41 Å². The van der Waals surface area contributed by atoms with Gasteiger partial charge in [0.2, 0.25) is 0 Å². The van der Waals surface area contributed by atoms with Crippen molar-refractivity contribution in [3.05, 3.63) is 0 Å². The van der Waals surface area contributed by atoms with Crippen LogP contribution in [0.15, 0.2) is 0 Å². The fraction of sp³-hybridized carbons (Fsp3) is 0.636. The Morgan fingerprint density at radius 2 is 1.12 bits per heavy atom. The molecule has 0 aromatic carbocycles. The summed E-state index contributed by atoms with van der Waals surface area (Å²) in [7, 11) is 0. The van der Waals surface area contributed by atoms with Crippen molar-refractivity contribution in [2.24, 2.45) is 16.2 Å². The van der Waals surface area contributed by atoms with E-state index in [1.807, 2.05) is 24.3 Å². The van der Waals surface area contributed by atoms with Gasteiger partial charge in [-0.1, -0.05) is 0 Å². The van der Waals surface area contributed by atoms with Gasteiger partial charge in [-0.25, -0.2) is 0 Å². The Morgan fingerprint density at radius 1 is 0.750 bits per heavy atom.